The number of benzene rings is 1. The third kappa shape index (κ3) is 3.80. The highest BCUT2D eigenvalue weighted by Gasteiger charge is 2.34. The average molecular weight is 372 g/mol. The quantitative estimate of drug-likeness (QED) is 0.565. The monoisotopic (exact) mass is 372 g/mol. The molecule has 3 rings (SSSR count). The standard InChI is InChI=1S/C18H20N4O3S/c1-4-26-18-21-15-14(17(25)22-18)12(8-13(23)20-15)16(24)19-11-6-9(2)5-10(3)7-11/h5-7,12H,4,8H2,1-3H3,(H,19,24)(H2,20,21,22,23,25)/t12-/m1/s1. The highest BCUT2D eigenvalue weighted by molar-refractivity contribution is 7.99. The first-order valence-electron chi connectivity index (χ1n) is 8.33. The van der Waals surface area contributed by atoms with Gasteiger partial charge in [0.15, 0.2) is 5.16 Å². The number of anilines is 2. The summed E-state index contributed by atoms with van der Waals surface area (Å²) in [6.07, 6.45) is -0.0886. The van der Waals surface area contributed by atoms with Crippen LogP contribution >= 0.6 is 11.8 Å². The number of nitrogens with one attached hydrogen (secondary N) is 3. The Morgan fingerprint density at radius 2 is 1.96 bits per heavy atom. The molecule has 1 aliphatic heterocycles. The van der Waals surface area contributed by atoms with Gasteiger partial charge >= 0.3 is 0 Å². The van der Waals surface area contributed by atoms with Crippen LogP contribution in [0.5, 0.6) is 0 Å². The first-order valence-corrected chi connectivity index (χ1v) is 9.32. The second kappa shape index (κ2) is 7.33. The van der Waals surface area contributed by atoms with Crippen LogP contribution in [0.2, 0.25) is 0 Å². The highest BCUT2D eigenvalue weighted by Crippen LogP contribution is 2.30. The highest BCUT2D eigenvalue weighted by atomic mass is 32.2. The van der Waals surface area contributed by atoms with E-state index in [9.17, 15) is 14.4 Å². The zero-order valence-electron chi connectivity index (χ0n) is 14.8. The molecule has 1 aromatic heterocycles. The van der Waals surface area contributed by atoms with Crippen LogP contribution in [0.25, 0.3) is 0 Å². The van der Waals surface area contributed by atoms with Crippen LogP contribution in [-0.2, 0) is 9.59 Å². The van der Waals surface area contributed by atoms with Crippen LogP contribution < -0.4 is 16.2 Å². The average Bonchev–Trinajstić information content (AvgIpc) is 2.52. The van der Waals surface area contributed by atoms with E-state index in [0.717, 1.165) is 16.9 Å². The lowest BCUT2D eigenvalue weighted by atomic mass is 9.92. The van der Waals surface area contributed by atoms with E-state index in [0.29, 0.717) is 10.8 Å². The second-order valence-electron chi connectivity index (χ2n) is 6.24. The van der Waals surface area contributed by atoms with Crippen molar-refractivity contribution in [3.63, 3.8) is 0 Å². The van der Waals surface area contributed by atoms with Crippen molar-refractivity contribution in [2.45, 2.75) is 38.3 Å². The van der Waals surface area contributed by atoms with Crippen molar-refractivity contribution < 1.29 is 9.59 Å². The van der Waals surface area contributed by atoms with Crippen LogP contribution in [-0.4, -0.2) is 27.5 Å². The van der Waals surface area contributed by atoms with Gasteiger partial charge in [0.25, 0.3) is 5.56 Å². The fourth-order valence-corrected chi connectivity index (χ4v) is 3.65. The second-order valence-corrected chi connectivity index (χ2v) is 7.49. The van der Waals surface area contributed by atoms with Crippen LogP contribution in [0.3, 0.4) is 0 Å². The van der Waals surface area contributed by atoms with Crippen LogP contribution in [0, 0.1) is 13.8 Å². The minimum absolute atomic E-state index is 0.0886. The van der Waals surface area contributed by atoms with Gasteiger partial charge in [0, 0.05) is 12.1 Å². The van der Waals surface area contributed by atoms with Gasteiger partial charge in [-0.3, -0.25) is 14.4 Å². The summed E-state index contributed by atoms with van der Waals surface area (Å²) < 4.78 is 0. The van der Waals surface area contributed by atoms with Gasteiger partial charge in [-0.2, -0.15) is 0 Å². The van der Waals surface area contributed by atoms with E-state index >= 15 is 0 Å². The topological polar surface area (TPSA) is 104 Å². The fraction of sp³-hybridized carbons (Fsp3) is 0.333. The van der Waals surface area contributed by atoms with Gasteiger partial charge in [-0.15, -0.1) is 0 Å². The lowest BCUT2D eigenvalue weighted by molar-refractivity contribution is -0.123. The molecule has 0 saturated carbocycles. The summed E-state index contributed by atoms with van der Waals surface area (Å²) >= 11 is 1.36. The summed E-state index contributed by atoms with van der Waals surface area (Å²) in [7, 11) is 0. The summed E-state index contributed by atoms with van der Waals surface area (Å²) in [4.78, 5) is 44.3. The van der Waals surface area contributed by atoms with Crippen LogP contribution in [0.4, 0.5) is 11.5 Å². The number of aryl methyl sites for hydroxylation is 2. The number of thioether (sulfide) groups is 1. The normalized spacial score (nSPS) is 16.0. The molecule has 1 aromatic carbocycles. The number of hydrogen-bond acceptors (Lipinski definition) is 5. The summed E-state index contributed by atoms with van der Waals surface area (Å²) in [5.74, 6) is -0.706. The van der Waals surface area contributed by atoms with Crippen molar-refractivity contribution in [2.24, 2.45) is 0 Å². The first-order chi connectivity index (χ1) is 12.4. The lowest BCUT2D eigenvalue weighted by Gasteiger charge is -2.23. The zero-order chi connectivity index (χ0) is 18.8. The number of H-pyrrole nitrogens is 1. The predicted molar refractivity (Wildman–Crippen MR) is 102 cm³/mol. The van der Waals surface area contributed by atoms with Gasteiger partial charge in [0.1, 0.15) is 5.82 Å². The van der Waals surface area contributed by atoms with E-state index in [1.807, 2.05) is 39.0 Å². The van der Waals surface area contributed by atoms with Crippen molar-refractivity contribution in [1.82, 2.24) is 9.97 Å². The molecule has 8 heteroatoms. The number of carbonyl (C=O) groups excluding carboxylic acids is 2. The maximum Gasteiger partial charge on any atom is 0.257 e. The SMILES string of the molecule is CCSc1nc2c(c(=O)[nH]1)[C@H](C(=O)Nc1cc(C)cc(C)c1)CC(=O)N2. The zero-order valence-corrected chi connectivity index (χ0v) is 15.6. The molecule has 2 heterocycles. The molecule has 0 unspecified atom stereocenters. The maximum atomic E-state index is 12.8. The fourth-order valence-electron chi connectivity index (χ4n) is 3.06. The molecular weight excluding hydrogens is 352 g/mol. The van der Waals surface area contributed by atoms with E-state index in [1.54, 1.807) is 0 Å². The van der Waals surface area contributed by atoms with Crippen molar-refractivity contribution in [3.8, 4) is 0 Å². The largest absolute Gasteiger partial charge is 0.326 e. The van der Waals surface area contributed by atoms with Crippen LogP contribution in [0.1, 0.15) is 36.0 Å². The number of amides is 2. The van der Waals surface area contributed by atoms with E-state index in [1.165, 1.54) is 11.8 Å². The molecule has 2 aromatic rings. The first kappa shape index (κ1) is 18.2. The Labute approximate surface area is 155 Å². The lowest BCUT2D eigenvalue weighted by Crippen LogP contribution is -2.36. The van der Waals surface area contributed by atoms with E-state index in [2.05, 4.69) is 20.6 Å². The molecule has 0 bridgehead atoms. The number of aromatic nitrogens is 2. The summed E-state index contributed by atoms with van der Waals surface area (Å²) in [5.41, 5.74) is 2.48. The molecule has 3 N–H and O–H groups in total. The Bertz CT molecular complexity index is 918. The third-order valence-corrected chi connectivity index (χ3v) is 4.77. The molecule has 0 fully saturated rings. The summed E-state index contributed by atoms with van der Waals surface area (Å²) in [5, 5.41) is 5.84. The molecule has 0 aliphatic carbocycles. The van der Waals surface area contributed by atoms with Gasteiger partial charge in [0.2, 0.25) is 11.8 Å². The van der Waals surface area contributed by atoms with Crippen molar-refractivity contribution in [3.05, 3.63) is 45.2 Å². The van der Waals surface area contributed by atoms with Gasteiger partial charge < -0.3 is 15.6 Å². The van der Waals surface area contributed by atoms with Crippen molar-refractivity contribution >= 4 is 35.1 Å². The van der Waals surface area contributed by atoms with Gasteiger partial charge in [-0.1, -0.05) is 24.8 Å². The summed E-state index contributed by atoms with van der Waals surface area (Å²) in [6.45, 7) is 5.81. The Morgan fingerprint density at radius 3 is 2.62 bits per heavy atom. The van der Waals surface area contributed by atoms with Gasteiger partial charge in [-0.05, 0) is 42.9 Å². The van der Waals surface area contributed by atoms with E-state index < -0.39 is 17.4 Å². The van der Waals surface area contributed by atoms with Crippen molar-refractivity contribution in [2.75, 3.05) is 16.4 Å². The molecule has 0 radical (unpaired) electrons. The smallest absolute Gasteiger partial charge is 0.257 e. The molecule has 136 valence electrons. The molecule has 26 heavy (non-hydrogen) atoms. The van der Waals surface area contributed by atoms with E-state index in [-0.39, 0.29) is 23.7 Å². The minimum Gasteiger partial charge on any atom is -0.326 e. The number of hydrogen-bond donors (Lipinski definition) is 3. The van der Waals surface area contributed by atoms with Crippen molar-refractivity contribution in [1.29, 1.82) is 0 Å². The number of fused-ring (bicyclic) bond motifs is 1. The third-order valence-electron chi connectivity index (χ3n) is 4.02. The van der Waals surface area contributed by atoms with E-state index in [4.69, 9.17) is 0 Å². The molecule has 0 saturated heterocycles. The Hall–Kier alpha value is -2.61. The number of carbonyl (C=O) groups is 2. The predicted octanol–water partition coefficient (Wildman–Crippen LogP) is 2.56. The Balaban J connectivity index is 1.95. The molecule has 7 nitrogen and oxygen atoms in total. The summed E-state index contributed by atoms with van der Waals surface area (Å²) in [6, 6.07) is 5.69. The Morgan fingerprint density at radius 1 is 1.27 bits per heavy atom. The van der Waals surface area contributed by atoms with Gasteiger partial charge in [-0.25, -0.2) is 4.98 Å². The van der Waals surface area contributed by atoms with Crippen LogP contribution in [0.15, 0.2) is 28.2 Å². The van der Waals surface area contributed by atoms with Gasteiger partial charge in [0.05, 0.1) is 11.5 Å². The minimum atomic E-state index is -0.878. The number of aromatic amines is 1. The Kier molecular flexibility index (Phi) is 5.13. The molecule has 1 aliphatic rings. The molecule has 1 atom stereocenters. The molecular formula is C18H20N4O3S. The number of nitrogens with zero attached hydrogens (tertiary/aromatic N) is 1. The molecule has 2 amide bonds. The maximum absolute atomic E-state index is 12.8. The molecule has 0 spiro atoms. The number of rotatable bonds is 4.